The van der Waals surface area contributed by atoms with Crippen molar-refractivity contribution in [3.8, 4) is 0 Å². The van der Waals surface area contributed by atoms with E-state index in [4.69, 9.17) is 46.4 Å². The summed E-state index contributed by atoms with van der Waals surface area (Å²) >= 11 is 25.5. The van der Waals surface area contributed by atoms with Gasteiger partial charge in [0.25, 0.3) is 0 Å². The molecule has 0 aliphatic heterocycles. The number of thioether (sulfide) groups is 1. The minimum absolute atomic E-state index is 0.583. The van der Waals surface area contributed by atoms with Crippen molar-refractivity contribution >= 4 is 58.2 Å². The molecule has 0 saturated heterocycles. The summed E-state index contributed by atoms with van der Waals surface area (Å²) in [6.07, 6.45) is 0. The van der Waals surface area contributed by atoms with E-state index < -0.39 is 0 Å². The van der Waals surface area contributed by atoms with Gasteiger partial charge in [0.2, 0.25) is 0 Å². The number of hydrogen-bond donors (Lipinski definition) is 0. The standard InChI is InChI=1S/C14H10Cl4S/c15-11-3-1-9(5-13(11)17)7-19-8-10-2-4-12(16)14(18)6-10/h1-6H,7-8H2. The quantitative estimate of drug-likeness (QED) is 0.588. The van der Waals surface area contributed by atoms with Crippen LogP contribution in [0.25, 0.3) is 0 Å². The molecule has 0 unspecified atom stereocenters. The van der Waals surface area contributed by atoms with Gasteiger partial charge >= 0.3 is 0 Å². The van der Waals surface area contributed by atoms with Crippen molar-refractivity contribution < 1.29 is 0 Å². The predicted octanol–water partition coefficient (Wildman–Crippen LogP) is 6.73. The minimum Gasteiger partial charge on any atom is -0.152 e. The molecule has 0 heterocycles. The fourth-order valence-corrected chi connectivity index (χ4v) is 3.12. The first kappa shape index (κ1) is 15.3. The maximum atomic E-state index is 5.97. The molecule has 0 amide bonds. The monoisotopic (exact) mass is 350 g/mol. The molecule has 0 atom stereocenters. The van der Waals surface area contributed by atoms with E-state index in [9.17, 15) is 0 Å². The summed E-state index contributed by atoms with van der Waals surface area (Å²) in [7, 11) is 0. The third-order valence-electron chi connectivity index (χ3n) is 2.51. The molecule has 2 aromatic carbocycles. The topological polar surface area (TPSA) is 0 Å². The average Bonchev–Trinajstić information content (AvgIpc) is 2.38. The van der Waals surface area contributed by atoms with Crippen LogP contribution in [0.4, 0.5) is 0 Å². The maximum absolute atomic E-state index is 5.97. The van der Waals surface area contributed by atoms with Gasteiger partial charge in [-0.3, -0.25) is 0 Å². The molecule has 0 aliphatic rings. The van der Waals surface area contributed by atoms with E-state index in [0.717, 1.165) is 22.6 Å². The lowest BCUT2D eigenvalue weighted by Crippen LogP contribution is -1.84. The molecule has 19 heavy (non-hydrogen) atoms. The van der Waals surface area contributed by atoms with Gasteiger partial charge in [-0.1, -0.05) is 58.5 Å². The zero-order valence-corrected chi connectivity index (χ0v) is 13.6. The lowest BCUT2D eigenvalue weighted by molar-refractivity contribution is 1.36. The van der Waals surface area contributed by atoms with Gasteiger partial charge in [0.15, 0.2) is 0 Å². The minimum atomic E-state index is 0.583. The summed E-state index contributed by atoms with van der Waals surface area (Å²) in [4.78, 5) is 0. The molecule has 2 rings (SSSR count). The zero-order valence-electron chi connectivity index (χ0n) is 9.80. The summed E-state index contributed by atoms with van der Waals surface area (Å²) in [5, 5.41) is 2.35. The van der Waals surface area contributed by atoms with Crippen molar-refractivity contribution in [1.29, 1.82) is 0 Å². The first-order valence-corrected chi connectivity index (χ1v) is 8.18. The van der Waals surface area contributed by atoms with E-state index in [2.05, 4.69) is 0 Å². The summed E-state index contributed by atoms with van der Waals surface area (Å²) in [5.74, 6) is 1.74. The highest BCUT2D eigenvalue weighted by Crippen LogP contribution is 2.27. The van der Waals surface area contributed by atoms with Crippen LogP contribution in [0.5, 0.6) is 0 Å². The van der Waals surface area contributed by atoms with Crippen molar-refractivity contribution in [3.63, 3.8) is 0 Å². The fourth-order valence-electron chi connectivity index (χ4n) is 1.55. The van der Waals surface area contributed by atoms with Gasteiger partial charge in [-0.15, -0.1) is 0 Å². The summed E-state index contributed by atoms with van der Waals surface area (Å²) in [6.45, 7) is 0. The lowest BCUT2D eigenvalue weighted by Gasteiger charge is -2.05. The SMILES string of the molecule is Clc1ccc(CSCc2ccc(Cl)c(Cl)c2)cc1Cl. The Kier molecular flexibility index (Phi) is 5.73. The second-order valence-electron chi connectivity index (χ2n) is 3.99. The first-order valence-electron chi connectivity index (χ1n) is 5.52. The van der Waals surface area contributed by atoms with Gasteiger partial charge in [0.05, 0.1) is 20.1 Å². The van der Waals surface area contributed by atoms with Gasteiger partial charge in [-0.25, -0.2) is 0 Å². The molecule has 0 radical (unpaired) electrons. The molecule has 100 valence electrons. The van der Waals surface area contributed by atoms with Crippen molar-refractivity contribution in [2.24, 2.45) is 0 Å². The smallest absolute Gasteiger partial charge is 0.0595 e. The molecule has 0 bridgehead atoms. The Hall–Kier alpha value is -0.0500. The molecular formula is C14H10Cl4S. The van der Waals surface area contributed by atoms with Crippen LogP contribution in [0.2, 0.25) is 20.1 Å². The third kappa shape index (κ3) is 4.47. The van der Waals surface area contributed by atoms with Gasteiger partial charge < -0.3 is 0 Å². The molecule has 0 N–H and O–H groups in total. The Morgan fingerprint density at radius 1 is 0.632 bits per heavy atom. The second-order valence-corrected chi connectivity index (χ2v) is 6.60. The van der Waals surface area contributed by atoms with Gasteiger partial charge in [-0.2, -0.15) is 11.8 Å². The normalized spacial score (nSPS) is 10.7. The number of benzene rings is 2. The molecule has 0 fully saturated rings. The van der Waals surface area contributed by atoms with Gasteiger partial charge in [-0.05, 0) is 35.4 Å². The van der Waals surface area contributed by atoms with E-state index in [1.165, 1.54) is 0 Å². The van der Waals surface area contributed by atoms with Crippen LogP contribution >= 0.6 is 58.2 Å². The van der Waals surface area contributed by atoms with Gasteiger partial charge in [0, 0.05) is 11.5 Å². The summed E-state index contributed by atoms with van der Waals surface area (Å²) in [5.41, 5.74) is 2.30. The third-order valence-corrected chi connectivity index (χ3v) is 5.06. The van der Waals surface area contributed by atoms with E-state index >= 15 is 0 Å². The van der Waals surface area contributed by atoms with Crippen LogP contribution in [0.3, 0.4) is 0 Å². The Morgan fingerprint density at radius 3 is 1.42 bits per heavy atom. The van der Waals surface area contributed by atoms with Crippen LogP contribution in [0, 0.1) is 0 Å². The van der Waals surface area contributed by atoms with Crippen LogP contribution < -0.4 is 0 Å². The van der Waals surface area contributed by atoms with Crippen LogP contribution in [0.1, 0.15) is 11.1 Å². The molecule has 0 saturated carbocycles. The van der Waals surface area contributed by atoms with Crippen LogP contribution in [0.15, 0.2) is 36.4 Å². The number of rotatable bonds is 4. The van der Waals surface area contributed by atoms with E-state index in [1.807, 2.05) is 36.4 Å². The first-order chi connectivity index (χ1) is 9.06. The molecule has 5 heteroatoms. The molecule has 0 aromatic heterocycles. The lowest BCUT2D eigenvalue weighted by atomic mass is 10.2. The number of hydrogen-bond acceptors (Lipinski definition) is 1. The van der Waals surface area contributed by atoms with E-state index in [0.29, 0.717) is 20.1 Å². The van der Waals surface area contributed by atoms with Crippen LogP contribution in [-0.4, -0.2) is 0 Å². The number of halogens is 4. The van der Waals surface area contributed by atoms with Crippen LogP contribution in [-0.2, 0) is 11.5 Å². The highest BCUT2D eigenvalue weighted by atomic mass is 35.5. The Morgan fingerprint density at radius 2 is 1.05 bits per heavy atom. The second kappa shape index (κ2) is 7.10. The molecule has 0 nitrogen and oxygen atoms in total. The molecule has 0 aliphatic carbocycles. The Labute approximate surface area is 137 Å². The summed E-state index contributed by atoms with van der Waals surface area (Å²) < 4.78 is 0. The van der Waals surface area contributed by atoms with Crippen molar-refractivity contribution in [3.05, 3.63) is 67.6 Å². The van der Waals surface area contributed by atoms with E-state index in [1.54, 1.807) is 11.8 Å². The fraction of sp³-hybridized carbons (Fsp3) is 0.143. The zero-order chi connectivity index (χ0) is 13.8. The van der Waals surface area contributed by atoms with Crippen molar-refractivity contribution in [2.75, 3.05) is 0 Å². The van der Waals surface area contributed by atoms with Gasteiger partial charge in [0.1, 0.15) is 0 Å². The molecular weight excluding hydrogens is 342 g/mol. The van der Waals surface area contributed by atoms with Crippen molar-refractivity contribution in [1.82, 2.24) is 0 Å². The largest absolute Gasteiger partial charge is 0.152 e. The Balaban J connectivity index is 1.92. The molecule has 0 spiro atoms. The van der Waals surface area contributed by atoms with E-state index in [-0.39, 0.29) is 0 Å². The Bertz CT molecular complexity index is 532. The maximum Gasteiger partial charge on any atom is 0.0595 e. The highest BCUT2D eigenvalue weighted by Gasteiger charge is 2.02. The van der Waals surface area contributed by atoms with Crippen molar-refractivity contribution in [2.45, 2.75) is 11.5 Å². The summed E-state index contributed by atoms with van der Waals surface area (Å²) in [6, 6.07) is 11.4. The predicted molar refractivity (Wildman–Crippen MR) is 87.9 cm³/mol. The average molecular weight is 352 g/mol. The molecule has 2 aromatic rings. The highest BCUT2D eigenvalue weighted by molar-refractivity contribution is 7.97.